The molecular weight excluding hydrogens is 232 g/mol. The van der Waals surface area contributed by atoms with E-state index in [1.54, 1.807) is 0 Å². The van der Waals surface area contributed by atoms with Crippen molar-refractivity contribution < 1.29 is 13.0 Å². The molecule has 0 unspecified atom stereocenters. The zero-order chi connectivity index (χ0) is 10.6. The number of hydrazine groups is 2. The fourth-order valence-electron chi connectivity index (χ4n) is 0.658. The third kappa shape index (κ3) is 4.42. The Balaban J connectivity index is 2.30. The Morgan fingerprint density at radius 3 is 3.07 bits per heavy atom. The molecule has 0 aromatic carbocycles. The van der Waals surface area contributed by atoms with Crippen LogP contribution < -0.4 is 10.9 Å². The van der Waals surface area contributed by atoms with Crippen molar-refractivity contribution in [2.75, 3.05) is 12.3 Å². The van der Waals surface area contributed by atoms with Crippen LogP contribution in [0.5, 0.6) is 0 Å². The highest BCUT2D eigenvalue weighted by atomic mass is 35.5. The lowest BCUT2D eigenvalue weighted by Gasteiger charge is -2.20. The molecule has 0 aromatic rings. The minimum atomic E-state index is -3.97. The summed E-state index contributed by atoms with van der Waals surface area (Å²) in [5.41, 5.74) is 5.04. The average molecular weight is 240 g/mol. The van der Waals surface area contributed by atoms with Crippen molar-refractivity contribution in [2.24, 2.45) is 5.10 Å². The number of nitrogens with zero attached hydrogens (tertiary/aromatic N) is 2. The number of nitrogens with one attached hydrogen (secondary N) is 2. The van der Waals surface area contributed by atoms with Crippen LogP contribution in [-0.2, 0) is 10.1 Å². The third-order valence-corrected chi connectivity index (χ3v) is 2.08. The van der Waals surface area contributed by atoms with Gasteiger partial charge in [-0.15, -0.1) is 10.3 Å². The van der Waals surface area contributed by atoms with Crippen LogP contribution in [0.2, 0.25) is 0 Å². The maximum atomic E-state index is 10.3. The van der Waals surface area contributed by atoms with Gasteiger partial charge in [-0.2, -0.15) is 13.8 Å². The van der Waals surface area contributed by atoms with Gasteiger partial charge >= 0.3 is 0 Å². The van der Waals surface area contributed by atoms with Gasteiger partial charge in [0.2, 0.25) is 0 Å². The van der Waals surface area contributed by atoms with E-state index in [1.165, 1.54) is 6.08 Å². The van der Waals surface area contributed by atoms with E-state index in [4.69, 9.17) is 16.2 Å². The van der Waals surface area contributed by atoms with Crippen LogP contribution in [0.1, 0.15) is 0 Å². The van der Waals surface area contributed by atoms with E-state index in [0.717, 1.165) is 5.23 Å². The Morgan fingerprint density at radius 1 is 1.79 bits per heavy atom. The summed E-state index contributed by atoms with van der Waals surface area (Å²) in [7, 11) is -3.97. The van der Waals surface area contributed by atoms with E-state index in [-0.39, 0.29) is 11.7 Å². The molecule has 0 fully saturated rings. The van der Waals surface area contributed by atoms with Crippen molar-refractivity contribution >= 4 is 26.9 Å². The quantitative estimate of drug-likeness (QED) is 0.549. The first-order valence-electron chi connectivity index (χ1n) is 3.55. The first kappa shape index (κ1) is 11.2. The highest BCUT2D eigenvalue weighted by Crippen LogP contribution is 1.94. The van der Waals surface area contributed by atoms with Gasteiger partial charge < -0.3 is 0 Å². The summed E-state index contributed by atoms with van der Waals surface area (Å²) in [6.45, 7) is 0.00117. The highest BCUT2D eigenvalue weighted by molar-refractivity contribution is 7.85. The minimum Gasteiger partial charge on any atom is -0.286 e. The van der Waals surface area contributed by atoms with Gasteiger partial charge in [0.25, 0.3) is 10.1 Å². The maximum Gasteiger partial charge on any atom is 0.266 e. The van der Waals surface area contributed by atoms with Crippen LogP contribution in [0.25, 0.3) is 0 Å². The number of hydrogen-bond donors (Lipinski definition) is 3. The summed E-state index contributed by atoms with van der Waals surface area (Å²) in [5.74, 6) is -0.415. The van der Waals surface area contributed by atoms with Gasteiger partial charge in [-0.05, 0) is 0 Å². The summed E-state index contributed by atoms with van der Waals surface area (Å²) in [6, 6.07) is 0. The lowest BCUT2D eigenvalue weighted by Crippen LogP contribution is -2.45. The van der Waals surface area contributed by atoms with Crippen molar-refractivity contribution in [3.8, 4) is 0 Å². The molecule has 0 saturated carbocycles. The molecule has 1 rings (SSSR count). The van der Waals surface area contributed by atoms with Crippen LogP contribution in [-0.4, -0.2) is 35.7 Å². The van der Waals surface area contributed by atoms with Crippen LogP contribution in [0, 0.1) is 6.20 Å². The summed E-state index contributed by atoms with van der Waals surface area (Å²) in [6.07, 6.45) is 3.95. The molecule has 0 atom stereocenters. The molecule has 1 heterocycles. The largest absolute Gasteiger partial charge is 0.286 e. The minimum absolute atomic E-state index is 0.00117. The fraction of sp³-hybridized carbons (Fsp3) is 0.400. The zero-order valence-electron chi connectivity index (χ0n) is 6.94. The summed E-state index contributed by atoms with van der Waals surface area (Å²) < 4.78 is 29.1. The predicted molar refractivity (Wildman–Crippen MR) is 50.5 cm³/mol. The molecule has 1 radical (unpaired) electrons. The standard InChI is InChI=1S/C5H8ClN4O3S/c6-5-1-2-7-10(9-5)8-3-4-14(11,12)13/h1,7-8H,3-4H2,(H,11,12,13). The maximum absolute atomic E-state index is 10.3. The molecule has 0 aromatic heterocycles. The van der Waals surface area contributed by atoms with Crippen LogP contribution in [0.4, 0.5) is 0 Å². The number of rotatable bonds is 4. The van der Waals surface area contributed by atoms with Gasteiger partial charge in [0.05, 0.1) is 12.0 Å². The van der Waals surface area contributed by atoms with Gasteiger partial charge in [-0.1, -0.05) is 11.6 Å². The molecule has 7 nitrogen and oxygen atoms in total. The van der Waals surface area contributed by atoms with E-state index < -0.39 is 15.9 Å². The van der Waals surface area contributed by atoms with Gasteiger partial charge in [-0.3, -0.25) is 9.98 Å². The van der Waals surface area contributed by atoms with Gasteiger partial charge in [0.1, 0.15) is 0 Å². The van der Waals surface area contributed by atoms with Gasteiger partial charge in [0.15, 0.2) is 5.17 Å². The molecular formula is C5H8ClN4O3S. The van der Waals surface area contributed by atoms with E-state index in [0.29, 0.717) is 0 Å². The lowest BCUT2D eigenvalue weighted by atomic mass is 10.6. The predicted octanol–water partition coefficient (Wildman–Crippen LogP) is -0.932. The van der Waals surface area contributed by atoms with Crippen LogP contribution in [0.15, 0.2) is 11.2 Å². The van der Waals surface area contributed by atoms with Crippen LogP contribution in [0.3, 0.4) is 0 Å². The first-order chi connectivity index (χ1) is 6.47. The van der Waals surface area contributed by atoms with Crippen molar-refractivity contribution in [2.45, 2.75) is 0 Å². The number of halogens is 1. The Labute approximate surface area is 86.1 Å². The van der Waals surface area contributed by atoms with E-state index >= 15 is 0 Å². The second-order valence-corrected chi connectivity index (χ2v) is 4.29. The normalized spacial score (nSPS) is 16.4. The number of hydrazone groups is 1. The fourth-order valence-corrected chi connectivity index (χ4v) is 1.14. The van der Waals surface area contributed by atoms with Crippen LogP contribution >= 0.6 is 11.6 Å². The lowest BCUT2D eigenvalue weighted by molar-refractivity contribution is 0.145. The smallest absolute Gasteiger partial charge is 0.266 e. The molecule has 0 amide bonds. The second kappa shape index (κ2) is 4.60. The Morgan fingerprint density at radius 2 is 2.50 bits per heavy atom. The first-order valence-corrected chi connectivity index (χ1v) is 5.53. The molecule has 9 heteroatoms. The Kier molecular flexibility index (Phi) is 3.69. The summed E-state index contributed by atoms with van der Waals surface area (Å²) >= 11 is 5.52. The molecule has 1 aliphatic heterocycles. The second-order valence-electron chi connectivity index (χ2n) is 2.33. The van der Waals surface area contributed by atoms with Crippen molar-refractivity contribution in [1.29, 1.82) is 0 Å². The Hall–Kier alpha value is -0.830. The zero-order valence-corrected chi connectivity index (χ0v) is 8.51. The molecule has 0 saturated heterocycles. The van der Waals surface area contributed by atoms with Gasteiger partial charge in [-0.25, -0.2) is 0 Å². The van der Waals surface area contributed by atoms with Crippen molar-refractivity contribution in [1.82, 2.24) is 16.1 Å². The van der Waals surface area contributed by atoms with Crippen molar-refractivity contribution in [3.05, 3.63) is 12.3 Å². The van der Waals surface area contributed by atoms with E-state index in [1.807, 2.05) is 0 Å². The summed E-state index contributed by atoms with van der Waals surface area (Å²) in [5, 5.41) is 4.99. The molecule has 3 N–H and O–H groups in total. The molecule has 0 bridgehead atoms. The topological polar surface area (TPSA) is 94.0 Å². The monoisotopic (exact) mass is 239 g/mol. The van der Waals surface area contributed by atoms with E-state index in [2.05, 4.69) is 22.2 Å². The third-order valence-electron chi connectivity index (χ3n) is 1.18. The summed E-state index contributed by atoms with van der Waals surface area (Å²) in [4.78, 5) is 0. The molecule has 14 heavy (non-hydrogen) atoms. The Bertz CT molecular complexity index is 352. The molecule has 0 spiro atoms. The highest BCUT2D eigenvalue weighted by Gasteiger charge is 2.07. The van der Waals surface area contributed by atoms with Crippen molar-refractivity contribution in [3.63, 3.8) is 0 Å². The molecule has 1 aliphatic rings. The SMILES string of the molecule is O=S(=O)(O)CCNN1N=C(Cl)C=[C]N1. The van der Waals surface area contributed by atoms with E-state index in [9.17, 15) is 8.42 Å². The average Bonchev–Trinajstić information content (AvgIpc) is 2.01. The molecule has 79 valence electrons. The number of hydrogen-bond acceptors (Lipinski definition) is 6. The molecule has 0 aliphatic carbocycles. The number of allylic oxidation sites excluding steroid dienone is 1. The van der Waals surface area contributed by atoms with Gasteiger partial charge in [0, 0.05) is 12.6 Å².